The maximum absolute atomic E-state index is 5.52. The Morgan fingerprint density at radius 2 is 2.47 bits per heavy atom. The molecule has 0 aromatic carbocycles. The molecule has 2 aromatic rings. The molecule has 0 aliphatic rings. The van der Waals surface area contributed by atoms with Crippen molar-refractivity contribution in [3.63, 3.8) is 0 Å². The van der Waals surface area contributed by atoms with Gasteiger partial charge in [-0.25, -0.2) is 5.43 Å². The van der Waals surface area contributed by atoms with E-state index in [4.69, 9.17) is 10.3 Å². The van der Waals surface area contributed by atoms with E-state index in [0.717, 1.165) is 15.9 Å². The Morgan fingerprint density at radius 1 is 1.67 bits per heavy atom. The van der Waals surface area contributed by atoms with Crippen LogP contribution in [0.2, 0.25) is 0 Å². The van der Waals surface area contributed by atoms with Crippen LogP contribution >= 0.6 is 15.9 Å². The Hall–Kier alpha value is -1.11. The summed E-state index contributed by atoms with van der Waals surface area (Å²) in [6.07, 6.45) is 3.34. The first-order valence-electron chi connectivity index (χ1n) is 4.41. The fourth-order valence-electron chi connectivity index (χ4n) is 1.50. The maximum Gasteiger partial charge on any atom is 0.128 e. The molecule has 6 heteroatoms. The summed E-state index contributed by atoms with van der Waals surface area (Å²) in [6, 6.07) is 3.48. The first kappa shape index (κ1) is 10.4. The van der Waals surface area contributed by atoms with Crippen LogP contribution in [-0.2, 0) is 7.05 Å². The van der Waals surface area contributed by atoms with Gasteiger partial charge in [0.2, 0.25) is 0 Å². The molecule has 0 bridgehead atoms. The highest BCUT2D eigenvalue weighted by Crippen LogP contribution is 2.27. The molecule has 2 heterocycles. The van der Waals surface area contributed by atoms with E-state index in [0.29, 0.717) is 0 Å². The summed E-state index contributed by atoms with van der Waals surface area (Å²) in [5.74, 6) is 6.27. The van der Waals surface area contributed by atoms with E-state index >= 15 is 0 Å². The van der Waals surface area contributed by atoms with Gasteiger partial charge in [0.1, 0.15) is 11.8 Å². The largest absolute Gasteiger partial charge is 0.467 e. The molecule has 1 atom stereocenters. The van der Waals surface area contributed by atoms with E-state index < -0.39 is 0 Å². The van der Waals surface area contributed by atoms with Gasteiger partial charge in [-0.05, 0) is 28.1 Å². The lowest BCUT2D eigenvalue weighted by molar-refractivity contribution is 0.437. The molecular weight excluding hydrogens is 260 g/mol. The number of rotatable bonds is 3. The van der Waals surface area contributed by atoms with E-state index in [1.807, 2.05) is 19.2 Å². The van der Waals surface area contributed by atoms with Crippen LogP contribution in [0.15, 0.2) is 33.5 Å². The molecular formula is C9H11BrN4O. The smallest absolute Gasteiger partial charge is 0.128 e. The van der Waals surface area contributed by atoms with Crippen molar-refractivity contribution in [2.75, 3.05) is 0 Å². The Morgan fingerprint density at radius 3 is 2.93 bits per heavy atom. The first-order chi connectivity index (χ1) is 7.24. The predicted octanol–water partition coefficient (Wildman–Crippen LogP) is 1.33. The zero-order chi connectivity index (χ0) is 10.8. The number of furan rings is 1. The second-order valence-electron chi connectivity index (χ2n) is 3.12. The second-order valence-corrected chi connectivity index (χ2v) is 3.97. The van der Waals surface area contributed by atoms with Gasteiger partial charge in [-0.2, -0.15) is 5.10 Å². The van der Waals surface area contributed by atoms with E-state index in [2.05, 4.69) is 26.5 Å². The van der Waals surface area contributed by atoms with Gasteiger partial charge < -0.3 is 4.42 Å². The molecule has 1 unspecified atom stereocenters. The molecule has 0 fully saturated rings. The summed E-state index contributed by atoms with van der Waals surface area (Å²) < 4.78 is 7.96. The van der Waals surface area contributed by atoms with Crippen LogP contribution in [0.5, 0.6) is 0 Å². The van der Waals surface area contributed by atoms with Gasteiger partial charge in [-0.15, -0.1) is 0 Å². The van der Waals surface area contributed by atoms with Crippen molar-refractivity contribution in [3.05, 3.63) is 40.5 Å². The minimum absolute atomic E-state index is 0.207. The summed E-state index contributed by atoms with van der Waals surface area (Å²) >= 11 is 3.42. The highest BCUT2D eigenvalue weighted by atomic mass is 79.9. The van der Waals surface area contributed by atoms with Crippen LogP contribution in [0.4, 0.5) is 0 Å². The highest BCUT2D eigenvalue weighted by molar-refractivity contribution is 9.10. The van der Waals surface area contributed by atoms with Gasteiger partial charge in [0.15, 0.2) is 0 Å². The summed E-state index contributed by atoms with van der Waals surface area (Å²) in [4.78, 5) is 0. The number of nitrogens with two attached hydrogens (primary N) is 1. The third-order valence-corrected chi connectivity index (χ3v) is 2.82. The Labute approximate surface area is 95.3 Å². The maximum atomic E-state index is 5.52. The fourth-order valence-corrected chi connectivity index (χ4v) is 2.07. The van der Waals surface area contributed by atoms with E-state index in [-0.39, 0.29) is 6.04 Å². The number of nitrogens with one attached hydrogen (secondary N) is 1. The summed E-state index contributed by atoms with van der Waals surface area (Å²) in [6.45, 7) is 0. The molecule has 2 aromatic heterocycles. The summed E-state index contributed by atoms with van der Waals surface area (Å²) in [5, 5.41) is 4.13. The summed E-state index contributed by atoms with van der Waals surface area (Å²) in [7, 11) is 1.85. The van der Waals surface area contributed by atoms with Gasteiger partial charge in [-0.3, -0.25) is 10.5 Å². The zero-order valence-corrected chi connectivity index (χ0v) is 9.73. The number of aromatic nitrogens is 2. The van der Waals surface area contributed by atoms with Crippen molar-refractivity contribution < 1.29 is 4.42 Å². The molecule has 0 amide bonds. The second kappa shape index (κ2) is 4.18. The lowest BCUT2D eigenvalue weighted by atomic mass is 10.1. The van der Waals surface area contributed by atoms with Crippen molar-refractivity contribution in [3.8, 4) is 0 Å². The third-order valence-electron chi connectivity index (χ3n) is 2.21. The van der Waals surface area contributed by atoms with Crippen LogP contribution in [0.1, 0.15) is 17.5 Å². The van der Waals surface area contributed by atoms with E-state index in [1.54, 1.807) is 17.1 Å². The average Bonchev–Trinajstić information content (AvgIpc) is 2.83. The molecule has 2 rings (SSSR count). The van der Waals surface area contributed by atoms with Crippen LogP contribution in [0.3, 0.4) is 0 Å². The molecule has 0 saturated heterocycles. The molecule has 0 spiro atoms. The van der Waals surface area contributed by atoms with Gasteiger partial charge >= 0.3 is 0 Å². The van der Waals surface area contributed by atoms with Gasteiger partial charge in [0.25, 0.3) is 0 Å². The number of nitrogens with zero attached hydrogens (tertiary/aromatic N) is 2. The van der Waals surface area contributed by atoms with Gasteiger partial charge in [0.05, 0.1) is 22.6 Å². The SMILES string of the molecule is Cn1ncc(Br)c1C(NN)c1ccco1. The Bertz CT molecular complexity index is 417. The van der Waals surface area contributed by atoms with E-state index in [1.165, 1.54) is 0 Å². The minimum atomic E-state index is -0.207. The standard InChI is InChI=1S/C9H11BrN4O/c1-14-9(6(10)5-12-14)8(13-11)7-3-2-4-15-7/h2-5,8,13H,11H2,1H3. The van der Waals surface area contributed by atoms with Crippen LogP contribution in [0, 0.1) is 0 Å². The van der Waals surface area contributed by atoms with Crippen molar-refractivity contribution in [1.82, 2.24) is 15.2 Å². The number of halogens is 1. The quantitative estimate of drug-likeness (QED) is 0.652. The van der Waals surface area contributed by atoms with Crippen LogP contribution in [0.25, 0.3) is 0 Å². The van der Waals surface area contributed by atoms with Crippen molar-refractivity contribution in [2.45, 2.75) is 6.04 Å². The van der Waals surface area contributed by atoms with E-state index in [9.17, 15) is 0 Å². The highest BCUT2D eigenvalue weighted by Gasteiger charge is 2.21. The normalized spacial score (nSPS) is 13.0. The molecule has 3 N–H and O–H groups in total. The third kappa shape index (κ3) is 1.83. The van der Waals surface area contributed by atoms with Crippen molar-refractivity contribution in [2.24, 2.45) is 12.9 Å². The lowest BCUT2D eigenvalue weighted by Gasteiger charge is -2.14. The number of aryl methyl sites for hydroxylation is 1. The number of hydrogen-bond donors (Lipinski definition) is 2. The molecule has 0 radical (unpaired) electrons. The zero-order valence-electron chi connectivity index (χ0n) is 8.14. The fraction of sp³-hybridized carbons (Fsp3) is 0.222. The average molecular weight is 271 g/mol. The van der Waals surface area contributed by atoms with Crippen molar-refractivity contribution in [1.29, 1.82) is 0 Å². The molecule has 15 heavy (non-hydrogen) atoms. The van der Waals surface area contributed by atoms with Crippen LogP contribution < -0.4 is 11.3 Å². The minimum Gasteiger partial charge on any atom is -0.467 e. The summed E-state index contributed by atoms with van der Waals surface area (Å²) in [5.41, 5.74) is 3.63. The van der Waals surface area contributed by atoms with Crippen LogP contribution in [-0.4, -0.2) is 9.78 Å². The first-order valence-corrected chi connectivity index (χ1v) is 5.20. The topological polar surface area (TPSA) is 69.0 Å². The molecule has 0 aliphatic carbocycles. The molecule has 80 valence electrons. The monoisotopic (exact) mass is 270 g/mol. The van der Waals surface area contributed by atoms with Gasteiger partial charge in [0, 0.05) is 7.05 Å². The molecule has 5 nitrogen and oxygen atoms in total. The van der Waals surface area contributed by atoms with Crippen molar-refractivity contribution >= 4 is 15.9 Å². The Kier molecular flexibility index (Phi) is 2.90. The number of hydrazine groups is 1. The lowest BCUT2D eigenvalue weighted by Crippen LogP contribution is -2.30. The predicted molar refractivity (Wildman–Crippen MR) is 58.8 cm³/mol. The number of hydrogen-bond acceptors (Lipinski definition) is 4. The van der Waals surface area contributed by atoms with Gasteiger partial charge in [-0.1, -0.05) is 0 Å². The molecule has 0 aliphatic heterocycles. The Balaban J connectivity index is 2.44. The molecule has 0 saturated carbocycles.